The summed E-state index contributed by atoms with van der Waals surface area (Å²) in [5.41, 5.74) is 0.319. The van der Waals surface area contributed by atoms with E-state index in [2.05, 4.69) is 0 Å². The monoisotopic (exact) mass is 203 g/mol. The summed E-state index contributed by atoms with van der Waals surface area (Å²) in [6, 6.07) is -1.62. The number of carbonyl (C=O) groups is 2. The molecule has 0 bridgehead atoms. The first-order valence-electron chi connectivity index (χ1n) is 3.32. The highest BCUT2D eigenvalue weighted by Gasteiger charge is 2.22. The summed E-state index contributed by atoms with van der Waals surface area (Å²) in [6.07, 6.45) is -1.43. The van der Waals surface area contributed by atoms with Crippen molar-refractivity contribution in [1.82, 2.24) is 5.32 Å². The van der Waals surface area contributed by atoms with E-state index in [-0.39, 0.29) is 0 Å². The maximum atomic E-state index is 12.3. The van der Waals surface area contributed by atoms with Gasteiger partial charge in [0, 0.05) is 0 Å². The molecule has 0 aliphatic carbocycles. The van der Waals surface area contributed by atoms with Gasteiger partial charge in [0.25, 0.3) is 0 Å². The Morgan fingerprint density at radius 3 is 2.69 bits per heavy atom. The Balaban J connectivity index is 2.81. The number of thiophene rings is 1. The normalized spacial score (nSPS) is 12.1. The first kappa shape index (κ1) is 9.66. The van der Waals surface area contributed by atoms with E-state index < -0.39 is 18.2 Å². The van der Waals surface area contributed by atoms with Crippen LogP contribution in [0.25, 0.3) is 0 Å². The summed E-state index contributed by atoms with van der Waals surface area (Å²) < 4.78 is 12.3. The number of halogens is 1. The Hall–Kier alpha value is -1.43. The van der Waals surface area contributed by atoms with E-state index in [0.29, 0.717) is 5.56 Å². The molecule has 4 nitrogen and oxygen atoms in total. The Kier molecular flexibility index (Phi) is 2.97. The van der Waals surface area contributed by atoms with Crippen LogP contribution in [-0.2, 0) is 4.79 Å². The van der Waals surface area contributed by atoms with Gasteiger partial charge in [-0.15, -0.1) is 0 Å². The lowest BCUT2D eigenvalue weighted by Gasteiger charge is -2.08. The molecule has 0 fully saturated rings. The highest BCUT2D eigenvalue weighted by molar-refractivity contribution is 7.08. The second kappa shape index (κ2) is 3.99. The molecule has 1 aromatic rings. The van der Waals surface area contributed by atoms with Crippen LogP contribution in [0.5, 0.6) is 0 Å². The van der Waals surface area contributed by atoms with Crippen LogP contribution in [0.1, 0.15) is 11.6 Å². The molecule has 1 atom stereocenters. The van der Waals surface area contributed by atoms with Crippen molar-refractivity contribution in [2.75, 3.05) is 0 Å². The Bertz CT molecular complexity index is 312. The molecule has 13 heavy (non-hydrogen) atoms. The zero-order valence-electron chi connectivity index (χ0n) is 6.36. The third-order valence-corrected chi connectivity index (χ3v) is 2.07. The van der Waals surface area contributed by atoms with E-state index in [1.807, 2.05) is 0 Å². The first-order chi connectivity index (χ1) is 6.11. The maximum absolute atomic E-state index is 12.3. The SMILES string of the molecule is O=C(O)NC(C(=O)F)c1ccsc1. The number of amides is 1. The first-order valence-corrected chi connectivity index (χ1v) is 4.26. The van der Waals surface area contributed by atoms with Crippen LogP contribution in [0.3, 0.4) is 0 Å². The van der Waals surface area contributed by atoms with Crippen molar-refractivity contribution in [2.24, 2.45) is 0 Å². The molecule has 70 valence electrons. The van der Waals surface area contributed by atoms with Gasteiger partial charge in [0.2, 0.25) is 0 Å². The number of hydrogen-bond donors (Lipinski definition) is 2. The van der Waals surface area contributed by atoms with Crippen molar-refractivity contribution >= 4 is 23.5 Å². The van der Waals surface area contributed by atoms with Gasteiger partial charge < -0.3 is 10.4 Å². The van der Waals surface area contributed by atoms with Gasteiger partial charge in [-0.2, -0.15) is 15.7 Å². The van der Waals surface area contributed by atoms with Crippen LogP contribution in [-0.4, -0.2) is 17.2 Å². The van der Waals surface area contributed by atoms with Crippen molar-refractivity contribution in [3.8, 4) is 0 Å². The van der Waals surface area contributed by atoms with Gasteiger partial charge in [-0.3, -0.25) is 4.79 Å². The minimum atomic E-state index is -1.71. The predicted molar refractivity (Wildman–Crippen MR) is 44.3 cm³/mol. The van der Waals surface area contributed by atoms with E-state index in [1.54, 1.807) is 10.7 Å². The van der Waals surface area contributed by atoms with E-state index in [0.717, 1.165) is 0 Å². The molecule has 0 aliphatic rings. The highest BCUT2D eigenvalue weighted by atomic mass is 32.1. The molecule has 1 rings (SSSR count). The molecule has 2 N–H and O–H groups in total. The number of hydrogen-bond acceptors (Lipinski definition) is 3. The van der Waals surface area contributed by atoms with Crippen molar-refractivity contribution in [3.63, 3.8) is 0 Å². The lowest BCUT2D eigenvalue weighted by molar-refractivity contribution is -0.131. The molecule has 0 spiro atoms. The average molecular weight is 203 g/mol. The maximum Gasteiger partial charge on any atom is 0.405 e. The van der Waals surface area contributed by atoms with Crippen molar-refractivity contribution in [2.45, 2.75) is 6.04 Å². The van der Waals surface area contributed by atoms with Gasteiger partial charge in [0.15, 0.2) is 0 Å². The van der Waals surface area contributed by atoms with Crippen LogP contribution in [0.15, 0.2) is 16.8 Å². The van der Waals surface area contributed by atoms with Crippen LogP contribution in [0, 0.1) is 0 Å². The summed E-state index contributed by atoms with van der Waals surface area (Å²) in [5, 5.41) is 13.2. The zero-order valence-corrected chi connectivity index (χ0v) is 7.18. The quantitative estimate of drug-likeness (QED) is 0.732. The van der Waals surface area contributed by atoms with E-state index >= 15 is 0 Å². The smallest absolute Gasteiger partial charge is 0.405 e. The standard InChI is InChI=1S/C7H6FNO3S/c8-6(10)5(9-7(11)12)4-1-2-13-3-4/h1-3,5,9H,(H,11,12). The van der Waals surface area contributed by atoms with Gasteiger partial charge in [0.1, 0.15) is 6.04 Å². The van der Waals surface area contributed by atoms with Gasteiger partial charge in [-0.25, -0.2) is 4.79 Å². The minimum Gasteiger partial charge on any atom is -0.465 e. The number of carbonyl (C=O) groups excluding carboxylic acids is 1. The molecule has 1 heterocycles. The summed E-state index contributed by atoms with van der Waals surface area (Å²) >= 11 is 1.26. The van der Waals surface area contributed by atoms with Crippen LogP contribution < -0.4 is 5.32 Å². The second-order valence-electron chi connectivity index (χ2n) is 2.24. The van der Waals surface area contributed by atoms with Gasteiger partial charge in [-0.1, -0.05) is 0 Å². The lowest BCUT2D eigenvalue weighted by atomic mass is 10.2. The fourth-order valence-corrected chi connectivity index (χ4v) is 1.52. The topological polar surface area (TPSA) is 66.4 Å². The summed E-state index contributed by atoms with van der Waals surface area (Å²) in [4.78, 5) is 20.6. The molecule has 0 saturated heterocycles. The molecule has 0 saturated carbocycles. The lowest BCUT2D eigenvalue weighted by Crippen LogP contribution is -2.30. The summed E-state index contributed by atoms with van der Waals surface area (Å²) in [5.74, 6) is 0. The average Bonchev–Trinajstić information content (AvgIpc) is 2.50. The fourth-order valence-electron chi connectivity index (χ4n) is 0.834. The van der Waals surface area contributed by atoms with Crippen molar-refractivity contribution in [1.29, 1.82) is 0 Å². The van der Waals surface area contributed by atoms with Crippen molar-refractivity contribution < 1.29 is 19.1 Å². The van der Waals surface area contributed by atoms with Crippen molar-refractivity contribution in [3.05, 3.63) is 22.4 Å². The Morgan fingerprint density at radius 2 is 2.31 bits per heavy atom. The third kappa shape index (κ3) is 2.51. The molecule has 1 aromatic heterocycles. The number of nitrogens with one attached hydrogen (secondary N) is 1. The second-order valence-corrected chi connectivity index (χ2v) is 3.02. The summed E-state index contributed by atoms with van der Waals surface area (Å²) in [7, 11) is 0. The number of carboxylic acid groups (broad SMARTS) is 1. The van der Waals surface area contributed by atoms with Gasteiger partial charge in [-0.05, 0) is 22.4 Å². The highest BCUT2D eigenvalue weighted by Crippen LogP contribution is 2.17. The zero-order chi connectivity index (χ0) is 9.84. The van der Waals surface area contributed by atoms with Crippen LogP contribution in [0.2, 0.25) is 0 Å². The molecule has 0 aliphatic heterocycles. The van der Waals surface area contributed by atoms with Gasteiger partial charge >= 0.3 is 12.1 Å². The largest absolute Gasteiger partial charge is 0.465 e. The number of rotatable bonds is 3. The van der Waals surface area contributed by atoms with E-state index in [1.165, 1.54) is 22.8 Å². The molecular weight excluding hydrogens is 197 g/mol. The van der Waals surface area contributed by atoms with Crippen LogP contribution in [0.4, 0.5) is 9.18 Å². The molecule has 6 heteroatoms. The molecule has 1 unspecified atom stereocenters. The minimum absolute atomic E-state index is 0.319. The van der Waals surface area contributed by atoms with E-state index in [4.69, 9.17) is 5.11 Å². The molecule has 1 amide bonds. The third-order valence-electron chi connectivity index (χ3n) is 1.37. The van der Waals surface area contributed by atoms with Gasteiger partial charge in [0.05, 0.1) is 0 Å². The molecule has 0 radical (unpaired) electrons. The molecule has 0 aromatic carbocycles. The fraction of sp³-hybridized carbons (Fsp3) is 0.143. The predicted octanol–water partition coefficient (Wildman–Crippen LogP) is 1.55. The molecular formula is C7H6FNO3S. The Morgan fingerprint density at radius 1 is 1.62 bits per heavy atom. The van der Waals surface area contributed by atoms with E-state index in [9.17, 15) is 14.0 Å². The summed E-state index contributed by atoms with van der Waals surface area (Å²) in [6.45, 7) is 0. The van der Waals surface area contributed by atoms with Crippen LogP contribution >= 0.6 is 11.3 Å². The Labute approximate surface area is 77.0 Å².